The van der Waals surface area contributed by atoms with Crippen molar-refractivity contribution < 1.29 is 24.2 Å². The molecule has 0 saturated heterocycles. The van der Waals surface area contributed by atoms with Crippen LogP contribution in [0.4, 0.5) is 19.4 Å². The molecule has 0 unspecified atom stereocenters. The molecule has 0 aliphatic carbocycles. The van der Waals surface area contributed by atoms with Crippen LogP contribution in [0.3, 0.4) is 0 Å². The maximum atomic E-state index is 12.3. The van der Waals surface area contributed by atoms with Crippen molar-refractivity contribution in [3.8, 4) is 5.75 Å². The molecule has 0 fully saturated rings. The lowest BCUT2D eigenvalue weighted by Gasteiger charge is -2.40. The Balaban J connectivity index is 3.44. The second-order valence-corrected chi connectivity index (χ2v) is 6.34. The van der Waals surface area contributed by atoms with Crippen molar-refractivity contribution in [3.05, 3.63) is 21.8 Å². The van der Waals surface area contributed by atoms with Crippen LogP contribution in [0.25, 0.3) is 0 Å². The molecule has 15 heavy (non-hydrogen) atoms. The maximum Gasteiger partial charge on any atom is 0.310 e. The van der Waals surface area contributed by atoms with E-state index in [1.165, 1.54) is 0 Å². The van der Waals surface area contributed by atoms with Crippen molar-refractivity contribution >= 4 is 32.8 Å². The summed E-state index contributed by atoms with van der Waals surface area (Å²) in [5.74, 6) is -0.221. The van der Waals surface area contributed by atoms with Crippen LogP contribution in [-0.4, -0.2) is 7.11 Å². The topological polar surface area (TPSA) is 9.23 Å². The third-order valence-electron chi connectivity index (χ3n) is 1.57. The highest BCUT2D eigenvalue weighted by Gasteiger charge is 2.65. The van der Waals surface area contributed by atoms with Gasteiger partial charge in [0.1, 0.15) is 10.6 Å². The standard InChI is InChI=1S/C7H6F5IOS/c1-14-7-4-5(2-3-6(7)13)15(8,9,10,11)12/h2-4H,1H3. The smallest absolute Gasteiger partial charge is 0.310 e. The van der Waals surface area contributed by atoms with Crippen molar-refractivity contribution in [1.82, 2.24) is 0 Å². The summed E-state index contributed by atoms with van der Waals surface area (Å²) < 4.78 is 66.6. The number of methoxy groups -OCH3 is 1. The highest BCUT2D eigenvalue weighted by atomic mass is 127. The lowest BCUT2D eigenvalue weighted by Crippen LogP contribution is -2.06. The molecule has 0 spiro atoms. The first-order valence-electron chi connectivity index (χ1n) is 3.52. The Morgan fingerprint density at radius 1 is 1.13 bits per heavy atom. The number of hydrogen-bond acceptors (Lipinski definition) is 1. The summed E-state index contributed by atoms with van der Waals surface area (Å²) in [6, 6.07) is 1.60. The molecule has 0 heterocycles. The molecule has 0 aliphatic heterocycles. The van der Waals surface area contributed by atoms with Crippen LogP contribution in [0.5, 0.6) is 5.75 Å². The quantitative estimate of drug-likeness (QED) is 0.535. The Kier molecular flexibility index (Phi) is 2.48. The summed E-state index contributed by atoms with van der Waals surface area (Å²) >= 11 is 1.69. The lowest BCUT2D eigenvalue weighted by atomic mass is 10.3. The van der Waals surface area contributed by atoms with Gasteiger partial charge in [-0.2, -0.15) is 0 Å². The van der Waals surface area contributed by atoms with Crippen LogP contribution in [-0.2, 0) is 0 Å². The zero-order valence-corrected chi connectivity index (χ0v) is 10.3. The zero-order chi connectivity index (χ0) is 12.0. The molecular weight excluding hydrogens is 354 g/mol. The molecule has 0 aromatic heterocycles. The van der Waals surface area contributed by atoms with Gasteiger partial charge in [-0.1, -0.05) is 19.4 Å². The Bertz CT molecular complexity index is 401. The zero-order valence-electron chi connectivity index (χ0n) is 7.32. The fourth-order valence-corrected chi connectivity index (χ4v) is 2.09. The van der Waals surface area contributed by atoms with Gasteiger partial charge in [0.25, 0.3) is 0 Å². The molecule has 88 valence electrons. The number of hydrogen-bond donors (Lipinski definition) is 0. The van der Waals surface area contributed by atoms with E-state index in [9.17, 15) is 19.4 Å². The number of ether oxygens (including phenoxy) is 1. The average Bonchev–Trinajstić information content (AvgIpc) is 2.00. The SMILES string of the molecule is COc1cc(S(F)(F)(F)(F)F)ccc1I. The van der Waals surface area contributed by atoms with Crippen LogP contribution in [0.2, 0.25) is 0 Å². The molecule has 1 aromatic carbocycles. The molecule has 0 atom stereocenters. The summed E-state index contributed by atoms with van der Waals surface area (Å²) in [6.07, 6.45) is 0. The molecule has 0 saturated carbocycles. The van der Waals surface area contributed by atoms with Crippen molar-refractivity contribution in [2.45, 2.75) is 4.90 Å². The van der Waals surface area contributed by atoms with Gasteiger partial charge in [0.2, 0.25) is 0 Å². The minimum atomic E-state index is -9.59. The summed E-state index contributed by atoms with van der Waals surface area (Å²) in [5, 5.41) is 0. The summed E-state index contributed by atoms with van der Waals surface area (Å²) in [4.78, 5) is -1.94. The van der Waals surface area contributed by atoms with E-state index in [0.29, 0.717) is 15.7 Å². The van der Waals surface area contributed by atoms with Gasteiger partial charge in [-0.05, 0) is 34.7 Å². The molecule has 1 aromatic rings. The van der Waals surface area contributed by atoms with Crippen molar-refractivity contribution in [3.63, 3.8) is 0 Å². The Morgan fingerprint density at radius 3 is 2.07 bits per heavy atom. The minimum absolute atomic E-state index is 0.221. The molecule has 1 rings (SSSR count). The van der Waals surface area contributed by atoms with Gasteiger partial charge in [0.15, 0.2) is 0 Å². The minimum Gasteiger partial charge on any atom is -0.496 e. The molecule has 0 radical (unpaired) electrons. The molecule has 0 N–H and O–H groups in total. The van der Waals surface area contributed by atoms with Gasteiger partial charge in [-0.15, -0.1) is 0 Å². The summed E-state index contributed by atoms with van der Waals surface area (Å²) in [6.45, 7) is 0. The third-order valence-corrected chi connectivity index (χ3v) is 3.60. The van der Waals surface area contributed by atoms with Crippen LogP contribution in [0.15, 0.2) is 23.1 Å². The number of benzene rings is 1. The highest BCUT2D eigenvalue weighted by Crippen LogP contribution is 3.02. The van der Waals surface area contributed by atoms with Crippen LogP contribution < -0.4 is 4.74 Å². The predicted molar refractivity (Wildman–Crippen MR) is 57.1 cm³/mol. The molecular formula is C7H6F5IOS. The maximum absolute atomic E-state index is 12.3. The van der Waals surface area contributed by atoms with Gasteiger partial charge >= 0.3 is 10.2 Å². The Hall–Kier alpha value is -0.250. The monoisotopic (exact) mass is 360 g/mol. The van der Waals surface area contributed by atoms with Crippen molar-refractivity contribution in [2.24, 2.45) is 0 Å². The van der Waals surface area contributed by atoms with E-state index in [-0.39, 0.29) is 5.75 Å². The van der Waals surface area contributed by atoms with Crippen molar-refractivity contribution in [2.75, 3.05) is 7.11 Å². The highest BCUT2D eigenvalue weighted by molar-refractivity contribution is 14.1. The number of rotatable bonds is 2. The molecule has 0 bridgehead atoms. The Morgan fingerprint density at radius 2 is 1.67 bits per heavy atom. The largest absolute Gasteiger partial charge is 0.496 e. The second-order valence-electron chi connectivity index (χ2n) is 2.77. The van der Waals surface area contributed by atoms with E-state index >= 15 is 0 Å². The lowest BCUT2D eigenvalue weighted by molar-refractivity contribution is 0.361. The van der Waals surface area contributed by atoms with Crippen LogP contribution >= 0.6 is 32.8 Å². The molecule has 8 heteroatoms. The normalized spacial score (nSPS) is 16.7. The molecule has 1 nitrogen and oxygen atoms in total. The van der Waals surface area contributed by atoms with Gasteiger partial charge < -0.3 is 4.74 Å². The van der Waals surface area contributed by atoms with E-state index in [1.807, 2.05) is 0 Å². The first kappa shape index (κ1) is 12.8. The first-order valence-corrected chi connectivity index (χ1v) is 6.55. The van der Waals surface area contributed by atoms with Crippen LogP contribution in [0.1, 0.15) is 0 Å². The second kappa shape index (κ2) is 2.90. The molecule has 0 aliphatic rings. The fraction of sp³-hybridized carbons (Fsp3) is 0.143. The third kappa shape index (κ3) is 3.10. The van der Waals surface area contributed by atoms with Gasteiger partial charge in [-0.25, -0.2) is 0 Å². The van der Waals surface area contributed by atoms with E-state index in [4.69, 9.17) is 0 Å². The van der Waals surface area contributed by atoms with E-state index in [1.54, 1.807) is 22.6 Å². The van der Waals surface area contributed by atoms with E-state index in [2.05, 4.69) is 4.74 Å². The molecule has 0 amide bonds. The number of halogens is 6. The van der Waals surface area contributed by atoms with E-state index in [0.717, 1.165) is 13.2 Å². The summed E-state index contributed by atoms with van der Waals surface area (Å²) in [5.41, 5.74) is 0. The van der Waals surface area contributed by atoms with Gasteiger partial charge in [0, 0.05) is 6.07 Å². The Labute approximate surface area is 96.5 Å². The average molecular weight is 360 g/mol. The van der Waals surface area contributed by atoms with Crippen LogP contribution in [0, 0.1) is 3.57 Å². The summed E-state index contributed by atoms with van der Waals surface area (Å²) in [7, 11) is -8.47. The van der Waals surface area contributed by atoms with E-state index < -0.39 is 15.1 Å². The predicted octanol–water partition coefficient (Wildman–Crippen LogP) is 4.96. The first-order chi connectivity index (χ1) is 6.44. The van der Waals surface area contributed by atoms with Crippen molar-refractivity contribution in [1.29, 1.82) is 0 Å². The fourth-order valence-electron chi connectivity index (χ4n) is 0.880. The van der Waals surface area contributed by atoms with Gasteiger partial charge in [0.05, 0.1) is 10.7 Å². The van der Waals surface area contributed by atoms with Gasteiger partial charge in [-0.3, -0.25) is 0 Å².